The first-order valence-corrected chi connectivity index (χ1v) is 5.35. The summed E-state index contributed by atoms with van der Waals surface area (Å²) in [5.41, 5.74) is 1.48. The minimum Gasteiger partial charge on any atom is -0.294 e. The van der Waals surface area contributed by atoms with Crippen molar-refractivity contribution >= 4 is 5.78 Å². The van der Waals surface area contributed by atoms with Gasteiger partial charge in [0.1, 0.15) is 5.82 Å². The minimum absolute atomic E-state index is 0.154. The number of carbonyl (C=O) groups is 1. The first-order chi connectivity index (χ1) is 8.18. The molecule has 86 valence electrons. The van der Waals surface area contributed by atoms with Gasteiger partial charge in [-0.1, -0.05) is 12.1 Å². The normalized spacial score (nSPS) is 10.2. The molecule has 0 N–H and O–H groups in total. The lowest BCUT2D eigenvalue weighted by molar-refractivity contribution is 0.0989. The SMILES string of the molecule is Cc1cccc(C(=O)Cc2ccncc2)c1F. The molecule has 0 spiro atoms. The number of rotatable bonds is 3. The zero-order valence-corrected chi connectivity index (χ0v) is 9.48. The smallest absolute Gasteiger partial charge is 0.170 e. The quantitative estimate of drug-likeness (QED) is 0.757. The van der Waals surface area contributed by atoms with Crippen LogP contribution in [-0.4, -0.2) is 10.8 Å². The van der Waals surface area contributed by atoms with E-state index >= 15 is 0 Å². The van der Waals surface area contributed by atoms with Crippen LogP contribution in [0.4, 0.5) is 4.39 Å². The van der Waals surface area contributed by atoms with Crippen LogP contribution in [-0.2, 0) is 6.42 Å². The van der Waals surface area contributed by atoms with Gasteiger partial charge in [0.05, 0.1) is 5.56 Å². The number of aromatic nitrogens is 1. The van der Waals surface area contributed by atoms with Gasteiger partial charge in [0, 0.05) is 18.8 Å². The summed E-state index contributed by atoms with van der Waals surface area (Å²) in [5.74, 6) is -0.635. The van der Waals surface area contributed by atoms with Crippen molar-refractivity contribution in [3.05, 3.63) is 65.2 Å². The Morgan fingerprint density at radius 2 is 1.94 bits per heavy atom. The molecule has 1 aromatic carbocycles. The van der Waals surface area contributed by atoms with Gasteiger partial charge in [-0.2, -0.15) is 0 Å². The van der Waals surface area contributed by atoms with Crippen LogP contribution in [0.3, 0.4) is 0 Å². The fourth-order valence-electron chi connectivity index (χ4n) is 1.64. The molecular weight excluding hydrogens is 217 g/mol. The zero-order chi connectivity index (χ0) is 12.3. The molecule has 17 heavy (non-hydrogen) atoms. The van der Waals surface area contributed by atoms with E-state index in [1.54, 1.807) is 43.6 Å². The predicted molar refractivity (Wildman–Crippen MR) is 63.4 cm³/mol. The Bertz CT molecular complexity index is 537. The number of benzene rings is 1. The van der Waals surface area contributed by atoms with E-state index in [-0.39, 0.29) is 17.8 Å². The lowest BCUT2D eigenvalue weighted by atomic mass is 10.0. The van der Waals surface area contributed by atoms with E-state index in [1.807, 2.05) is 0 Å². The maximum Gasteiger partial charge on any atom is 0.170 e. The van der Waals surface area contributed by atoms with Crippen LogP contribution >= 0.6 is 0 Å². The number of pyridine rings is 1. The maximum atomic E-state index is 13.7. The summed E-state index contributed by atoms with van der Waals surface area (Å²) in [5, 5.41) is 0. The molecule has 0 unspecified atom stereocenters. The highest BCUT2D eigenvalue weighted by atomic mass is 19.1. The lowest BCUT2D eigenvalue weighted by Crippen LogP contribution is -2.07. The van der Waals surface area contributed by atoms with Crippen molar-refractivity contribution in [3.63, 3.8) is 0 Å². The molecule has 0 aliphatic rings. The number of carbonyl (C=O) groups excluding carboxylic acids is 1. The molecule has 0 radical (unpaired) electrons. The summed E-state index contributed by atoms with van der Waals surface area (Å²) in [6.07, 6.45) is 3.44. The average molecular weight is 229 g/mol. The standard InChI is InChI=1S/C14H12FNO/c1-10-3-2-4-12(14(10)15)13(17)9-11-5-7-16-8-6-11/h2-8H,9H2,1H3. The van der Waals surface area contributed by atoms with E-state index < -0.39 is 5.82 Å². The van der Waals surface area contributed by atoms with Crippen LogP contribution in [0, 0.1) is 12.7 Å². The first kappa shape index (κ1) is 11.5. The third-order valence-electron chi connectivity index (χ3n) is 2.61. The van der Waals surface area contributed by atoms with Crippen molar-refractivity contribution in [2.75, 3.05) is 0 Å². The molecule has 2 rings (SSSR count). The Morgan fingerprint density at radius 1 is 1.24 bits per heavy atom. The third kappa shape index (κ3) is 2.56. The first-order valence-electron chi connectivity index (χ1n) is 5.35. The van der Waals surface area contributed by atoms with Gasteiger partial charge in [0.15, 0.2) is 5.78 Å². The van der Waals surface area contributed by atoms with Crippen LogP contribution in [0.1, 0.15) is 21.5 Å². The molecule has 1 heterocycles. The molecule has 0 aliphatic heterocycles. The van der Waals surface area contributed by atoms with Crippen molar-refractivity contribution in [1.82, 2.24) is 4.98 Å². The monoisotopic (exact) mass is 229 g/mol. The zero-order valence-electron chi connectivity index (χ0n) is 9.48. The van der Waals surface area contributed by atoms with Crippen LogP contribution in [0.2, 0.25) is 0 Å². The van der Waals surface area contributed by atoms with Gasteiger partial charge in [-0.3, -0.25) is 9.78 Å². The van der Waals surface area contributed by atoms with Crippen LogP contribution in [0.5, 0.6) is 0 Å². The number of aryl methyl sites for hydroxylation is 1. The maximum absolute atomic E-state index is 13.7. The highest BCUT2D eigenvalue weighted by Crippen LogP contribution is 2.14. The summed E-state index contributed by atoms with van der Waals surface area (Å²) < 4.78 is 13.7. The molecule has 0 amide bonds. The number of hydrogen-bond donors (Lipinski definition) is 0. The van der Waals surface area contributed by atoms with Crippen LogP contribution in [0.15, 0.2) is 42.7 Å². The molecule has 1 aromatic heterocycles. The summed E-state index contributed by atoms with van der Waals surface area (Å²) >= 11 is 0. The van der Waals surface area contributed by atoms with Gasteiger partial charge in [0.25, 0.3) is 0 Å². The van der Waals surface area contributed by atoms with Crippen molar-refractivity contribution in [2.24, 2.45) is 0 Å². The summed E-state index contributed by atoms with van der Waals surface area (Å²) in [6.45, 7) is 1.65. The van der Waals surface area contributed by atoms with E-state index in [0.717, 1.165) is 5.56 Å². The van der Waals surface area contributed by atoms with Gasteiger partial charge in [-0.25, -0.2) is 4.39 Å². The fraction of sp³-hybridized carbons (Fsp3) is 0.143. The fourth-order valence-corrected chi connectivity index (χ4v) is 1.64. The summed E-state index contributed by atoms with van der Waals surface area (Å²) in [6, 6.07) is 8.37. The highest BCUT2D eigenvalue weighted by molar-refractivity contribution is 5.97. The Kier molecular flexibility index (Phi) is 3.28. The molecule has 0 aliphatic carbocycles. The second-order valence-corrected chi connectivity index (χ2v) is 3.89. The van der Waals surface area contributed by atoms with E-state index in [2.05, 4.69) is 4.98 Å². The Balaban J connectivity index is 2.24. The number of nitrogens with zero attached hydrogens (tertiary/aromatic N) is 1. The molecule has 0 saturated carbocycles. The molecule has 2 nitrogen and oxygen atoms in total. The third-order valence-corrected chi connectivity index (χ3v) is 2.61. The molecule has 2 aromatic rings. The van der Waals surface area contributed by atoms with Crippen LogP contribution < -0.4 is 0 Å². The molecule has 3 heteroatoms. The van der Waals surface area contributed by atoms with Crippen LogP contribution in [0.25, 0.3) is 0 Å². The summed E-state index contributed by atoms with van der Waals surface area (Å²) in [4.78, 5) is 15.8. The van der Waals surface area contributed by atoms with Gasteiger partial charge in [0.2, 0.25) is 0 Å². The van der Waals surface area contributed by atoms with E-state index in [4.69, 9.17) is 0 Å². The minimum atomic E-state index is -0.424. The highest BCUT2D eigenvalue weighted by Gasteiger charge is 2.13. The summed E-state index contributed by atoms with van der Waals surface area (Å²) in [7, 11) is 0. The number of hydrogen-bond acceptors (Lipinski definition) is 2. The van der Waals surface area contributed by atoms with Crippen molar-refractivity contribution in [2.45, 2.75) is 13.3 Å². The van der Waals surface area contributed by atoms with Gasteiger partial charge in [-0.15, -0.1) is 0 Å². The number of ketones is 1. The van der Waals surface area contributed by atoms with Crippen molar-refractivity contribution in [1.29, 1.82) is 0 Å². The molecule has 0 fully saturated rings. The lowest BCUT2D eigenvalue weighted by Gasteiger charge is -2.04. The van der Waals surface area contributed by atoms with E-state index in [9.17, 15) is 9.18 Å². The van der Waals surface area contributed by atoms with Gasteiger partial charge >= 0.3 is 0 Å². The second-order valence-electron chi connectivity index (χ2n) is 3.89. The van der Waals surface area contributed by atoms with Crippen molar-refractivity contribution < 1.29 is 9.18 Å². The topological polar surface area (TPSA) is 30.0 Å². The van der Waals surface area contributed by atoms with Gasteiger partial charge in [-0.05, 0) is 36.2 Å². The Morgan fingerprint density at radius 3 is 2.65 bits per heavy atom. The number of Topliss-reactive ketones (excluding diaryl/α,β-unsaturated/α-hetero) is 1. The Labute approximate surface area is 99.1 Å². The molecule has 0 atom stereocenters. The number of halogens is 1. The van der Waals surface area contributed by atoms with E-state index in [0.29, 0.717) is 5.56 Å². The molecular formula is C14H12FNO. The predicted octanol–water partition coefficient (Wildman–Crippen LogP) is 2.95. The second kappa shape index (κ2) is 4.87. The molecule has 0 bridgehead atoms. The average Bonchev–Trinajstić information content (AvgIpc) is 2.34. The Hall–Kier alpha value is -2.03. The van der Waals surface area contributed by atoms with Gasteiger partial charge < -0.3 is 0 Å². The molecule has 0 saturated heterocycles. The largest absolute Gasteiger partial charge is 0.294 e. The van der Waals surface area contributed by atoms with Crippen molar-refractivity contribution in [3.8, 4) is 0 Å². The van der Waals surface area contributed by atoms with E-state index in [1.165, 1.54) is 6.07 Å².